The van der Waals surface area contributed by atoms with E-state index >= 15 is 0 Å². The molecule has 1 heterocycles. The fourth-order valence-corrected chi connectivity index (χ4v) is 2.05. The largest absolute Gasteiger partial charge is 0.282 e. The number of halogens is 1. The zero-order valence-corrected chi connectivity index (χ0v) is 10.1. The quantitative estimate of drug-likeness (QED) is 0.843. The molecule has 2 rings (SSSR count). The molecule has 6 heteroatoms. The van der Waals surface area contributed by atoms with Crippen LogP contribution in [0.3, 0.4) is 0 Å². The van der Waals surface area contributed by atoms with Crippen LogP contribution >= 0.6 is 11.8 Å². The normalized spacial score (nSPS) is 19.3. The lowest BCUT2D eigenvalue weighted by Crippen LogP contribution is -2.52. The van der Waals surface area contributed by atoms with Gasteiger partial charge in [-0.3, -0.25) is 20.6 Å². The molecule has 2 N–H and O–H groups in total. The van der Waals surface area contributed by atoms with Crippen LogP contribution in [0.2, 0.25) is 0 Å². The van der Waals surface area contributed by atoms with Crippen molar-refractivity contribution in [1.82, 2.24) is 10.9 Å². The molecule has 1 unspecified atom stereocenters. The molecule has 0 aliphatic carbocycles. The average molecular weight is 253 g/mol. The first-order valence-corrected chi connectivity index (χ1v) is 6.49. The van der Waals surface area contributed by atoms with Crippen LogP contribution in [0, 0.1) is 5.82 Å². The van der Waals surface area contributed by atoms with Crippen molar-refractivity contribution in [3.63, 3.8) is 0 Å². The Morgan fingerprint density at radius 2 is 2.18 bits per heavy atom. The topological polar surface area (TPSA) is 53.5 Å². The molecule has 1 atom stereocenters. The monoisotopic (exact) mass is 253 g/mol. The highest BCUT2D eigenvalue weighted by molar-refractivity contribution is 7.98. The van der Waals surface area contributed by atoms with Crippen LogP contribution in [0.5, 0.6) is 0 Å². The Hall–Kier alpha value is -1.56. The molecule has 17 heavy (non-hydrogen) atoms. The molecular weight excluding hydrogens is 241 g/mol. The van der Waals surface area contributed by atoms with Gasteiger partial charge in [0, 0.05) is 5.75 Å². The molecule has 0 saturated heterocycles. The van der Waals surface area contributed by atoms with Gasteiger partial charge in [0.2, 0.25) is 0 Å². The summed E-state index contributed by atoms with van der Waals surface area (Å²) in [6.45, 7) is 0. The predicted molar refractivity (Wildman–Crippen MR) is 66.4 cm³/mol. The van der Waals surface area contributed by atoms with Gasteiger partial charge in [-0.25, -0.2) is 4.39 Å². The Morgan fingerprint density at radius 3 is 2.88 bits per heavy atom. The van der Waals surface area contributed by atoms with Crippen molar-refractivity contribution in [1.29, 1.82) is 0 Å². The van der Waals surface area contributed by atoms with Crippen molar-refractivity contribution in [2.45, 2.75) is 6.04 Å². The van der Waals surface area contributed by atoms with E-state index in [0.717, 1.165) is 0 Å². The standard InChI is InChI=1S/C11H12FN3OS/c1-17-6-9-11(16)15-14-10(13-9)7-4-2-3-5-8(7)12/h2-5,9H,6H2,1H3,(H,13,14)(H,15,16). The fourth-order valence-electron chi connectivity index (χ4n) is 1.51. The summed E-state index contributed by atoms with van der Waals surface area (Å²) in [5, 5.41) is 0. The van der Waals surface area contributed by atoms with Crippen molar-refractivity contribution >= 4 is 23.5 Å². The molecule has 1 aromatic carbocycles. The third-order valence-corrected chi connectivity index (χ3v) is 2.99. The van der Waals surface area contributed by atoms with Crippen LogP contribution in [0.4, 0.5) is 4.39 Å². The minimum atomic E-state index is -0.471. The van der Waals surface area contributed by atoms with Gasteiger partial charge < -0.3 is 0 Å². The summed E-state index contributed by atoms with van der Waals surface area (Å²) in [6.07, 6.45) is 1.90. The number of amides is 1. The highest BCUT2D eigenvalue weighted by Crippen LogP contribution is 2.11. The summed E-state index contributed by atoms with van der Waals surface area (Å²) in [4.78, 5) is 15.7. The number of carbonyl (C=O) groups is 1. The Kier molecular flexibility index (Phi) is 3.63. The lowest BCUT2D eigenvalue weighted by Gasteiger charge is -2.22. The first-order valence-electron chi connectivity index (χ1n) is 5.10. The second kappa shape index (κ2) is 5.18. The highest BCUT2D eigenvalue weighted by Gasteiger charge is 2.24. The molecule has 1 aromatic rings. The van der Waals surface area contributed by atoms with Crippen molar-refractivity contribution in [3.05, 3.63) is 35.6 Å². The van der Waals surface area contributed by atoms with E-state index in [9.17, 15) is 9.18 Å². The third kappa shape index (κ3) is 2.58. The number of hydrazine groups is 1. The van der Waals surface area contributed by atoms with Gasteiger partial charge in [-0.05, 0) is 18.4 Å². The molecule has 0 spiro atoms. The highest BCUT2D eigenvalue weighted by atomic mass is 32.2. The number of benzene rings is 1. The molecule has 0 aromatic heterocycles. The number of rotatable bonds is 3. The minimum Gasteiger partial charge on any atom is -0.282 e. The van der Waals surface area contributed by atoms with Crippen LogP contribution in [-0.2, 0) is 4.79 Å². The fraction of sp³-hybridized carbons (Fsp3) is 0.273. The first kappa shape index (κ1) is 11.9. The molecule has 1 aliphatic heterocycles. The zero-order valence-electron chi connectivity index (χ0n) is 9.24. The number of hydrogen-bond acceptors (Lipinski definition) is 4. The third-order valence-electron chi connectivity index (χ3n) is 2.35. The zero-order chi connectivity index (χ0) is 12.3. The van der Waals surface area contributed by atoms with Gasteiger partial charge in [0.1, 0.15) is 11.9 Å². The van der Waals surface area contributed by atoms with Crippen molar-refractivity contribution in [2.75, 3.05) is 12.0 Å². The van der Waals surface area contributed by atoms with Crippen LogP contribution in [0.25, 0.3) is 0 Å². The maximum atomic E-state index is 13.5. The Bertz CT molecular complexity index is 464. The van der Waals surface area contributed by atoms with Gasteiger partial charge >= 0.3 is 0 Å². The Labute approximate surface area is 103 Å². The van der Waals surface area contributed by atoms with Gasteiger partial charge in [-0.15, -0.1) is 0 Å². The van der Waals surface area contributed by atoms with Crippen molar-refractivity contribution in [3.8, 4) is 0 Å². The Balaban J connectivity index is 2.30. The maximum Gasteiger partial charge on any atom is 0.264 e. The van der Waals surface area contributed by atoms with Gasteiger partial charge in [-0.2, -0.15) is 11.8 Å². The van der Waals surface area contributed by atoms with E-state index in [-0.39, 0.29) is 11.7 Å². The van der Waals surface area contributed by atoms with Crippen molar-refractivity contribution < 1.29 is 9.18 Å². The molecule has 0 fully saturated rings. The summed E-state index contributed by atoms with van der Waals surface area (Å²) < 4.78 is 13.5. The summed E-state index contributed by atoms with van der Waals surface area (Å²) >= 11 is 1.52. The lowest BCUT2D eigenvalue weighted by atomic mass is 10.2. The van der Waals surface area contributed by atoms with E-state index in [0.29, 0.717) is 17.2 Å². The maximum absolute atomic E-state index is 13.5. The number of nitrogens with one attached hydrogen (secondary N) is 2. The van der Waals surface area contributed by atoms with E-state index < -0.39 is 6.04 Å². The predicted octanol–water partition coefficient (Wildman–Crippen LogP) is 0.938. The van der Waals surface area contributed by atoms with Gasteiger partial charge in [0.05, 0.1) is 5.56 Å². The minimum absolute atomic E-state index is 0.195. The van der Waals surface area contributed by atoms with E-state index in [1.54, 1.807) is 18.2 Å². The molecule has 0 bridgehead atoms. The van der Waals surface area contributed by atoms with Crippen LogP contribution in [0.15, 0.2) is 29.3 Å². The van der Waals surface area contributed by atoms with Crippen LogP contribution in [0.1, 0.15) is 5.56 Å². The van der Waals surface area contributed by atoms with E-state index in [1.165, 1.54) is 17.8 Å². The van der Waals surface area contributed by atoms with E-state index in [1.807, 2.05) is 6.26 Å². The average Bonchev–Trinajstić information content (AvgIpc) is 2.33. The van der Waals surface area contributed by atoms with Crippen molar-refractivity contribution in [2.24, 2.45) is 4.99 Å². The Morgan fingerprint density at radius 1 is 1.41 bits per heavy atom. The van der Waals surface area contributed by atoms with Gasteiger partial charge in [0.15, 0.2) is 5.84 Å². The number of nitrogens with zero attached hydrogens (tertiary/aromatic N) is 1. The second-order valence-corrected chi connectivity index (χ2v) is 4.45. The number of carbonyl (C=O) groups excluding carboxylic acids is 1. The summed E-state index contributed by atoms with van der Waals surface area (Å²) in [5.74, 6) is 0.379. The second-order valence-electron chi connectivity index (χ2n) is 3.54. The first-order chi connectivity index (χ1) is 8.22. The SMILES string of the molecule is CSCC1N=C(c2ccccc2F)NNC1=O. The molecule has 90 valence electrons. The molecule has 0 saturated carbocycles. The molecule has 4 nitrogen and oxygen atoms in total. The molecule has 1 aliphatic rings. The van der Waals surface area contributed by atoms with Gasteiger partial charge in [0.25, 0.3) is 5.91 Å². The van der Waals surface area contributed by atoms with E-state index in [2.05, 4.69) is 15.8 Å². The van der Waals surface area contributed by atoms with E-state index in [4.69, 9.17) is 0 Å². The van der Waals surface area contributed by atoms with Gasteiger partial charge in [-0.1, -0.05) is 12.1 Å². The number of amidine groups is 1. The molecular formula is C11H12FN3OS. The summed E-state index contributed by atoms with van der Waals surface area (Å²) in [5.41, 5.74) is 5.47. The van der Waals surface area contributed by atoms with Crippen LogP contribution < -0.4 is 10.9 Å². The summed E-state index contributed by atoms with van der Waals surface area (Å²) in [7, 11) is 0. The van der Waals surface area contributed by atoms with Crippen LogP contribution in [-0.4, -0.2) is 29.8 Å². The smallest absolute Gasteiger partial charge is 0.264 e. The molecule has 0 radical (unpaired) electrons. The number of thioether (sulfide) groups is 1. The number of aliphatic imine (C=N–C) groups is 1. The lowest BCUT2D eigenvalue weighted by molar-refractivity contribution is -0.122. The molecule has 1 amide bonds. The summed E-state index contributed by atoms with van der Waals surface area (Å²) in [6, 6.07) is 5.85. The number of hydrogen-bond donors (Lipinski definition) is 2.